The highest BCUT2D eigenvalue weighted by Gasteiger charge is 2.22. The van der Waals surface area contributed by atoms with Crippen LogP contribution in [0.2, 0.25) is 0 Å². The van der Waals surface area contributed by atoms with E-state index in [1.165, 1.54) is 24.3 Å². The molecule has 2 atom stereocenters. The van der Waals surface area contributed by atoms with Crippen molar-refractivity contribution in [3.8, 4) is 0 Å². The number of aldehydes is 1. The summed E-state index contributed by atoms with van der Waals surface area (Å²) in [6.45, 7) is 0. The highest BCUT2D eigenvalue weighted by Crippen LogP contribution is 2.06. The number of amides is 2. The summed E-state index contributed by atoms with van der Waals surface area (Å²) in [6.07, 6.45) is -0.133. The van der Waals surface area contributed by atoms with Crippen LogP contribution in [0.3, 0.4) is 0 Å². The first-order chi connectivity index (χ1) is 11.3. The number of carbonyl (C=O) groups is 4. The number of aliphatic carboxylic acids is 2. The summed E-state index contributed by atoms with van der Waals surface area (Å²) in [6, 6.07) is 1.89. The predicted molar refractivity (Wildman–Crippen MR) is 79.9 cm³/mol. The number of carbonyl (C=O) groups excluding carboxylic acids is 2. The number of carboxylic acid groups (broad SMARTS) is 2. The molecule has 2 amide bonds. The predicted octanol–water partition coefficient (Wildman–Crippen LogP) is 0.553. The highest BCUT2D eigenvalue weighted by atomic mass is 19.1. The van der Waals surface area contributed by atoms with E-state index in [-0.39, 0.29) is 19.3 Å². The Morgan fingerprint density at radius 1 is 1.12 bits per heavy atom. The van der Waals surface area contributed by atoms with Gasteiger partial charge in [-0.25, -0.2) is 14.0 Å². The van der Waals surface area contributed by atoms with Gasteiger partial charge in [0.05, 0.1) is 6.04 Å². The first-order valence-electron chi connectivity index (χ1n) is 7.03. The summed E-state index contributed by atoms with van der Waals surface area (Å²) in [4.78, 5) is 44.2. The summed E-state index contributed by atoms with van der Waals surface area (Å²) in [5.41, 5.74) is 0.502. The smallest absolute Gasteiger partial charge is 0.326 e. The molecule has 0 fully saturated rings. The molecule has 0 radical (unpaired) electrons. The zero-order valence-corrected chi connectivity index (χ0v) is 12.6. The van der Waals surface area contributed by atoms with Gasteiger partial charge in [0.25, 0.3) is 0 Å². The second kappa shape index (κ2) is 9.23. The van der Waals surface area contributed by atoms with Crippen molar-refractivity contribution in [2.24, 2.45) is 0 Å². The molecule has 130 valence electrons. The molecule has 1 aromatic rings. The monoisotopic (exact) mass is 340 g/mol. The Morgan fingerprint density at radius 2 is 1.75 bits per heavy atom. The van der Waals surface area contributed by atoms with Gasteiger partial charge in [0.15, 0.2) is 0 Å². The summed E-state index contributed by atoms with van der Waals surface area (Å²) in [7, 11) is 0. The fourth-order valence-electron chi connectivity index (χ4n) is 1.88. The minimum atomic E-state index is -1.30. The Bertz CT molecular complexity index is 604. The van der Waals surface area contributed by atoms with Gasteiger partial charge in [-0.15, -0.1) is 0 Å². The van der Waals surface area contributed by atoms with Crippen LogP contribution in [-0.2, 0) is 20.8 Å². The Labute approximate surface area is 136 Å². The van der Waals surface area contributed by atoms with Crippen LogP contribution in [0.5, 0.6) is 0 Å². The molecule has 9 heteroatoms. The van der Waals surface area contributed by atoms with Gasteiger partial charge in [-0.1, -0.05) is 12.1 Å². The molecule has 0 saturated heterocycles. The van der Waals surface area contributed by atoms with Crippen molar-refractivity contribution in [1.29, 1.82) is 0 Å². The molecule has 24 heavy (non-hydrogen) atoms. The number of nitrogens with one attached hydrogen (secondary N) is 2. The zero-order valence-electron chi connectivity index (χ0n) is 12.6. The minimum Gasteiger partial charge on any atom is -0.481 e. The van der Waals surface area contributed by atoms with E-state index in [1.54, 1.807) is 0 Å². The van der Waals surface area contributed by atoms with Crippen molar-refractivity contribution in [3.63, 3.8) is 0 Å². The first kappa shape index (κ1) is 19.1. The van der Waals surface area contributed by atoms with Gasteiger partial charge in [-0.2, -0.15) is 0 Å². The van der Waals surface area contributed by atoms with Crippen molar-refractivity contribution in [1.82, 2.24) is 10.6 Å². The van der Waals surface area contributed by atoms with Crippen molar-refractivity contribution in [3.05, 3.63) is 35.6 Å². The van der Waals surface area contributed by atoms with Crippen LogP contribution in [0.1, 0.15) is 18.4 Å². The number of hydrogen-bond donors (Lipinski definition) is 4. The molecule has 0 heterocycles. The Balaban J connectivity index is 2.61. The van der Waals surface area contributed by atoms with E-state index >= 15 is 0 Å². The Kier molecular flexibility index (Phi) is 7.34. The molecule has 4 N–H and O–H groups in total. The van der Waals surface area contributed by atoms with Gasteiger partial charge in [-0.05, 0) is 24.1 Å². The van der Waals surface area contributed by atoms with E-state index in [9.17, 15) is 23.6 Å². The summed E-state index contributed by atoms with van der Waals surface area (Å²) >= 11 is 0. The molecule has 0 aliphatic rings. The summed E-state index contributed by atoms with van der Waals surface area (Å²) < 4.78 is 12.8. The second-order valence-electron chi connectivity index (χ2n) is 5.01. The van der Waals surface area contributed by atoms with Crippen molar-refractivity contribution in [2.75, 3.05) is 0 Å². The minimum absolute atomic E-state index is 0.0794. The molecule has 0 bridgehead atoms. The molecule has 0 aliphatic carbocycles. The lowest BCUT2D eigenvalue weighted by atomic mass is 10.1. The highest BCUT2D eigenvalue weighted by molar-refractivity contribution is 5.84. The first-order valence-corrected chi connectivity index (χ1v) is 7.03. The van der Waals surface area contributed by atoms with E-state index in [2.05, 4.69) is 10.6 Å². The fourth-order valence-corrected chi connectivity index (χ4v) is 1.88. The van der Waals surface area contributed by atoms with Crippen LogP contribution in [0.25, 0.3) is 0 Å². The Hall–Kier alpha value is -2.97. The number of rotatable bonds is 9. The number of halogens is 1. The molecular formula is C15H17FN2O6. The van der Waals surface area contributed by atoms with Gasteiger partial charge in [0.2, 0.25) is 0 Å². The molecule has 0 saturated carbocycles. The van der Waals surface area contributed by atoms with E-state index in [0.717, 1.165) is 0 Å². The summed E-state index contributed by atoms with van der Waals surface area (Å²) in [5, 5.41) is 22.1. The normalized spacial score (nSPS) is 12.7. The third-order valence-electron chi connectivity index (χ3n) is 3.11. The molecule has 0 spiro atoms. The standard InChI is InChI=1S/C15H17FN2O6/c16-10-3-1-9(2-4-10)7-12(14(22)23)18-15(24)17-11(8-19)5-6-13(20)21/h1-4,8,11-12H,5-7H2,(H,20,21)(H,22,23)(H2,17,18,24)/t11-,12-/m0/s1. The van der Waals surface area contributed by atoms with E-state index < -0.39 is 35.9 Å². The maximum Gasteiger partial charge on any atom is 0.326 e. The lowest BCUT2D eigenvalue weighted by molar-refractivity contribution is -0.139. The van der Waals surface area contributed by atoms with Crippen LogP contribution in [0, 0.1) is 5.82 Å². The van der Waals surface area contributed by atoms with Gasteiger partial charge >= 0.3 is 18.0 Å². The fraction of sp³-hybridized carbons (Fsp3) is 0.333. The van der Waals surface area contributed by atoms with Gasteiger partial charge in [-0.3, -0.25) is 4.79 Å². The molecule has 0 aliphatic heterocycles. The lowest BCUT2D eigenvalue weighted by Crippen LogP contribution is -2.50. The van der Waals surface area contributed by atoms with Crippen LogP contribution < -0.4 is 10.6 Å². The SMILES string of the molecule is O=C[C@H](CCC(=O)O)NC(=O)N[C@@H](Cc1ccc(F)cc1)C(=O)O. The van der Waals surface area contributed by atoms with Crippen molar-refractivity contribution < 1.29 is 33.8 Å². The van der Waals surface area contributed by atoms with Crippen LogP contribution >= 0.6 is 0 Å². The van der Waals surface area contributed by atoms with Crippen molar-refractivity contribution in [2.45, 2.75) is 31.3 Å². The third kappa shape index (κ3) is 6.86. The molecular weight excluding hydrogens is 323 g/mol. The Morgan fingerprint density at radius 3 is 2.25 bits per heavy atom. The molecule has 0 unspecified atom stereocenters. The maximum atomic E-state index is 12.8. The average molecular weight is 340 g/mol. The van der Waals surface area contributed by atoms with Gasteiger partial charge < -0.3 is 25.6 Å². The van der Waals surface area contributed by atoms with Crippen LogP contribution in [0.15, 0.2) is 24.3 Å². The van der Waals surface area contributed by atoms with Gasteiger partial charge in [0, 0.05) is 12.8 Å². The molecule has 0 aromatic heterocycles. The largest absolute Gasteiger partial charge is 0.481 e. The van der Waals surface area contributed by atoms with E-state index in [1.807, 2.05) is 0 Å². The maximum absolute atomic E-state index is 12.8. The molecule has 1 aromatic carbocycles. The quantitative estimate of drug-likeness (QED) is 0.485. The molecule has 8 nitrogen and oxygen atoms in total. The van der Waals surface area contributed by atoms with Gasteiger partial charge in [0.1, 0.15) is 18.1 Å². The average Bonchev–Trinajstić information content (AvgIpc) is 2.52. The van der Waals surface area contributed by atoms with Crippen LogP contribution in [-0.4, -0.2) is 46.6 Å². The zero-order chi connectivity index (χ0) is 18.1. The number of urea groups is 1. The van der Waals surface area contributed by atoms with E-state index in [4.69, 9.17) is 10.2 Å². The number of hydrogen-bond acceptors (Lipinski definition) is 4. The molecule has 1 rings (SSSR count). The lowest BCUT2D eigenvalue weighted by Gasteiger charge is -2.17. The number of carboxylic acids is 2. The van der Waals surface area contributed by atoms with Crippen LogP contribution in [0.4, 0.5) is 9.18 Å². The van der Waals surface area contributed by atoms with Crippen molar-refractivity contribution >= 4 is 24.3 Å². The third-order valence-corrected chi connectivity index (χ3v) is 3.11. The van der Waals surface area contributed by atoms with E-state index in [0.29, 0.717) is 11.8 Å². The number of benzene rings is 1. The summed E-state index contributed by atoms with van der Waals surface area (Å²) in [5.74, 6) is -2.89. The second-order valence-corrected chi connectivity index (χ2v) is 5.01. The topological polar surface area (TPSA) is 133 Å².